The van der Waals surface area contributed by atoms with E-state index in [0.717, 1.165) is 55.9 Å². The third-order valence-electron chi connectivity index (χ3n) is 6.20. The summed E-state index contributed by atoms with van der Waals surface area (Å²) in [6.07, 6.45) is 1.37. The lowest BCUT2D eigenvalue weighted by molar-refractivity contribution is -0.192. The maximum Gasteiger partial charge on any atom is 0.490 e. The maximum atomic E-state index is 12.9. The zero-order valence-corrected chi connectivity index (χ0v) is 18.6. The molecule has 0 spiro atoms. The van der Waals surface area contributed by atoms with Crippen LogP contribution in [0.1, 0.15) is 37.1 Å². The molecule has 4 rings (SSSR count). The number of hydrogen-bond donors (Lipinski definition) is 1. The van der Waals surface area contributed by atoms with E-state index < -0.39 is 12.1 Å². The van der Waals surface area contributed by atoms with Gasteiger partial charge in [-0.05, 0) is 44.7 Å². The van der Waals surface area contributed by atoms with E-state index in [1.807, 2.05) is 30.0 Å². The van der Waals surface area contributed by atoms with Crippen LogP contribution in [0.3, 0.4) is 0 Å². The van der Waals surface area contributed by atoms with Crippen LogP contribution in [0.15, 0.2) is 29.8 Å². The van der Waals surface area contributed by atoms with Gasteiger partial charge in [0, 0.05) is 35.7 Å². The molecule has 0 radical (unpaired) electrons. The van der Waals surface area contributed by atoms with Crippen LogP contribution < -0.4 is 0 Å². The highest BCUT2D eigenvalue weighted by Crippen LogP contribution is 2.42. The fourth-order valence-corrected chi connectivity index (χ4v) is 4.46. The molecule has 2 fully saturated rings. The smallest absolute Gasteiger partial charge is 0.475 e. The average Bonchev–Trinajstić information content (AvgIpc) is 3.31. The van der Waals surface area contributed by atoms with Crippen LogP contribution in [-0.2, 0) is 25.7 Å². The highest BCUT2D eigenvalue weighted by atomic mass is 19.4. The zero-order valence-electron chi connectivity index (χ0n) is 18.6. The van der Waals surface area contributed by atoms with Crippen LogP contribution in [0.25, 0.3) is 0 Å². The van der Waals surface area contributed by atoms with Crippen molar-refractivity contribution in [1.29, 1.82) is 0 Å². The van der Waals surface area contributed by atoms with Crippen molar-refractivity contribution in [3.05, 3.63) is 41.2 Å². The molecule has 2 atom stereocenters. The van der Waals surface area contributed by atoms with E-state index in [1.54, 1.807) is 0 Å². The van der Waals surface area contributed by atoms with Gasteiger partial charge in [-0.15, -0.1) is 0 Å². The van der Waals surface area contributed by atoms with E-state index in [2.05, 4.69) is 11.1 Å². The van der Waals surface area contributed by atoms with Crippen LogP contribution >= 0.6 is 0 Å². The lowest BCUT2D eigenvalue weighted by atomic mass is 9.82. The number of likely N-dealkylation sites (tertiary alicyclic amines) is 1. The Labute approximate surface area is 190 Å². The van der Waals surface area contributed by atoms with Gasteiger partial charge >= 0.3 is 12.1 Å². The summed E-state index contributed by atoms with van der Waals surface area (Å²) in [7, 11) is 0. The van der Waals surface area contributed by atoms with Gasteiger partial charge in [-0.3, -0.25) is 9.78 Å². The van der Waals surface area contributed by atoms with Crippen molar-refractivity contribution in [3.63, 3.8) is 0 Å². The molecule has 1 amide bonds. The summed E-state index contributed by atoms with van der Waals surface area (Å²) in [5.41, 5.74) is 2.91. The highest BCUT2D eigenvalue weighted by molar-refractivity contribution is 5.93. The second-order valence-corrected chi connectivity index (χ2v) is 8.80. The zero-order chi connectivity index (χ0) is 24.1. The quantitative estimate of drug-likeness (QED) is 0.709. The van der Waals surface area contributed by atoms with Crippen molar-refractivity contribution in [2.24, 2.45) is 11.3 Å². The van der Waals surface area contributed by atoms with Gasteiger partial charge < -0.3 is 19.5 Å². The van der Waals surface area contributed by atoms with E-state index >= 15 is 0 Å². The molecule has 182 valence electrons. The number of hydrogen-bond acceptors (Lipinski definition) is 5. The first-order chi connectivity index (χ1) is 15.6. The summed E-state index contributed by atoms with van der Waals surface area (Å²) in [5, 5.41) is 7.12. The van der Waals surface area contributed by atoms with Gasteiger partial charge in [-0.25, -0.2) is 4.79 Å². The van der Waals surface area contributed by atoms with Gasteiger partial charge in [0.2, 0.25) is 5.91 Å². The van der Waals surface area contributed by atoms with Crippen molar-refractivity contribution >= 4 is 11.9 Å². The van der Waals surface area contributed by atoms with E-state index in [0.29, 0.717) is 25.7 Å². The number of amides is 1. The van der Waals surface area contributed by atoms with E-state index in [9.17, 15) is 18.0 Å². The van der Waals surface area contributed by atoms with E-state index in [-0.39, 0.29) is 11.3 Å². The topological polar surface area (TPSA) is 89.0 Å². The van der Waals surface area contributed by atoms with Crippen LogP contribution in [-0.4, -0.2) is 66.0 Å². The van der Waals surface area contributed by atoms with E-state index in [4.69, 9.17) is 19.4 Å². The molecular weight excluding hydrogens is 441 g/mol. The molecule has 0 saturated carbocycles. The number of carboxylic acid groups (broad SMARTS) is 1. The maximum absolute atomic E-state index is 12.9. The van der Waals surface area contributed by atoms with Gasteiger partial charge in [0.05, 0.1) is 32.1 Å². The molecule has 0 aromatic carbocycles. The molecule has 2 saturated heterocycles. The number of aromatic nitrogens is 1. The second kappa shape index (κ2) is 10.6. The predicted octanol–water partition coefficient (Wildman–Crippen LogP) is 3.52. The monoisotopic (exact) mass is 470 g/mol. The Morgan fingerprint density at radius 3 is 2.73 bits per heavy atom. The number of rotatable bonds is 5. The Morgan fingerprint density at radius 1 is 1.33 bits per heavy atom. The van der Waals surface area contributed by atoms with Gasteiger partial charge in [-0.2, -0.15) is 13.2 Å². The molecular formula is C23H29F3N2O5. The predicted molar refractivity (Wildman–Crippen MR) is 112 cm³/mol. The van der Waals surface area contributed by atoms with Crippen molar-refractivity contribution < 1.29 is 37.3 Å². The number of nitrogens with zero attached hydrogens (tertiary/aromatic N) is 2. The number of pyridine rings is 1. The van der Waals surface area contributed by atoms with Crippen molar-refractivity contribution in [2.45, 2.75) is 45.4 Å². The number of carbonyl (C=O) groups excluding carboxylic acids is 1. The SMILES string of the molecule is Cc1cccc(COC[C@]23COC[C@H]2CN(C(=O)C2=CCCCC2)C3)n1.O=C(O)C(F)(F)F. The Hall–Kier alpha value is -2.46. The lowest BCUT2D eigenvalue weighted by Gasteiger charge is -2.27. The fourth-order valence-electron chi connectivity index (χ4n) is 4.46. The van der Waals surface area contributed by atoms with Crippen LogP contribution in [0.4, 0.5) is 13.2 Å². The van der Waals surface area contributed by atoms with Gasteiger partial charge in [0.1, 0.15) is 0 Å². The molecule has 1 N–H and O–H groups in total. The second-order valence-electron chi connectivity index (χ2n) is 8.80. The van der Waals surface area contributed by atoms with Crippen LogP contribution in [0, 0.1) is 18.3 Å². The minimum atomic E-state index is -5.08. The number of carbonyl (C=O) groups is 2. The molecule has 10 heteroatoms. The van der Waals surface area contributed by atoms with E-state index in [1.165, 1.54) is 6.42 Å². The van der Waals surface area contributed by atoms with Crippen molar-refractivity contribution in [1.82, 2.24) is 9.88 Å². The molecule has 3 aliphatic rings. The molecule has 2 aliphatic heterocycles. The Morgan fingerprint density at radius 2 is 2.09 bits per heavy atom. The molecule has 0 unspecified atom stereocenters. The third-order valence-corrected chi connectivity index (χ3v) is 6.20. The highest BCUT2D eigenvalue weighted by Gasteiger charge is 2.52. The fraction of sp³-hybridized carbons (Fsp3) is 0.609. The molecule has 3 heterocycles. The number of carboxylic acids is 1. The largest absolute Gasteiger partial charge is 0.490 e. The number of aliphatic carboxylic acids is 1. The first-order valence-electron chi connectivity index (χ1n) is 11.0. The number of alkyl halides is 3. The number of fused-ring (bicyclic) bond motifs is 1. The normalized spacial score (nSPS) is 24.5. The standard InChI is InChI=1S/C21H28N2O3.C2HF3O2/c1-16-6-5-9-19(22-16)12-26-15-21-13-23(10-18(21)11-25-14-21)20(24)17-7-3-2-4-8-17;3-2(4,5)1(6)7/h5-7,9,18H,2-4,8,10-15H2,1H3;(H,6,7)/t18-,21+;/m1./s1. The first-order valence-corrected chi connectivity index (χ1v) is 11.0. The number of halogens is 3. The molecule has 1 aromatic rings. The van der Waals surface area contributed by atoms with Gasteiger partial charge in [0.25, 0.3) is 0 Å². The molecule has 0 bridgehead atoms. The van der Waals surface area contributed by atoms with Crippen LogP contribution in [0.5, 0.6) is 0 Å². The average molecular weight is 470 g/mol. The number of aryl methyl sites for hydroxylation is 1. The summed E-state index contributed by atoms with van der Waals surface area (Å²) < 4.78 is 43.5. The molecule has 33 heavy (non-hydrogen) atoms. The minimum absolute atomic E-state index is 0.0608. The number of ether oxygens (including phenoxy) is 2. The Balaban J connectivity index is 0.000000383. The molecule has 1 aliphatic carbocycles. The van der Waals surface area contributed by atoms with Crippen molar-refractivity contribution in [2.75, 3.05) is 32.9 Å². The first kappa shape index (κ1) is 25.2. The summed E-state index contributed by atoms with van der Waals surface area (Å²) in [5.74, 6) is -2.15. The summed E-state index contributed by atoms with van der Waals surface area (Å²) in [4.78, 5) is 28.3. The summed E-state index contributed by atoms with van der Waals surface area (Å²) >= 11 is 0. The Kier molecular flexibility index (Phi) is 8.12. The van der Waals surface area contributed by atoms with Gasteiger partial charge in [0.15, 0.2) is 0 Å². The van der Waals surface area contributed by atoms with Crippen LogP contribution in [0.2, 0.25) is 0 Å². The molecule has 1 aromatic heterocycles. The minimum Gasteiger partial charge on any atom is -0.475 e. The van der Waals surface area contributed by atoms with Crippen molar-refractivity contribution in [3.8, 4) is 0 Å². The molecule has 7 nitrogen and oxygen atoms in total. The summed E-state index contributed by atoms with van der Waals surface area (Å²) in [6.45, 7) is 6.07. The summed E-state index contributed by atoms with van der Waals surface area (Å²) in [6, 6.07) is 5.99. The van der Waals surface area contributed by atoms with Gasteiger partial charge in [-0.1, -0.05) is 12.1 Å². The third kappa shape index (κ3) is 6.54. The Bertz CT molecular complexity index is 889. The lowest BCUT2D eigenvalue weighted by Crippen LogP contribution is -2.37. The number of allylic oxidation sites excluding steroid dienone is 1.